The number of aryl methyl sites for hydroxylation is 1. The molecule has 1 rings (SSSR count). The Labute approximate surface area is 133 Å². The minimum atomic E-state index is -4.69. The van der Waals surface area contributed by atoms with Crippen LogP contribution in [-0.4, -0.2) is 23.3 Å². The molecular formula is C11H13ClLiO6P. The first-order valence-corrected chi connectivity index (χ1v) is 7.34. The van der Waals surface area contributed by atoms with E-state index in [4.69, 9.17) is 21.2 Å². The van der Waals surface area contributed by atoms with Crippen LogP contribution in [0.1, 0.15) is 12.5 Å². The quantitative estimate of drug-likeness (QED) is 0.402. The number of ether oxygens (including phenoxy) is 2. The number of halogens is 1. The SMILES string of the molecule is Cc1cc(Cl)ccc1OCC(=O)OC(C)P(=O)([O-])O.[Li+]. The molecule has 0 saturated carbocycles. The molecule has 0 aliphatic heterocycles. The second-order valence-corrected chi connectivity index (χ2v) is 6.14. The molecule has 0 saturated heterocycles. The number of rotatable bonds is 5. The molecule has 2 unspecified atom stereocenters. The fourth-order valence-corrected chi connectivity index (χ4v) is 1.68. The number of hydrogen-bond donors (Lipinski definition) is 1. The van der Waals surface area contributed by atoms with Gasteiger partial charge in [-0.2, -0.15) is 0 Å². The second kappa shape index (κ2) is 8.09. The monoisotopic (exact) mass is 314 g/mol. The average molecular weight is 315 g/mol. The van der Waals surface area contributed by atoms with Crippen LogP contribution in [0.15, 0.2) is 18.2 Å². The number of carbonyl (C=O) groups excluding carboxylic acids is 1. The van der Waals surface area contributed by atoms with Crippen LogP contribution < -0.4 is 28.5 Å². The van der Waals surface area contributed by atoms with Gasteiger partial charge in [-0.25, -0.2) is 4.79 Å². The molecule has 0 bridgehead atoms. The summed E-state index contributed by atoms with van der Waals surface area (Å²) in [4.78, 5) is 30.7. The van der Waals surface area contributed by atoms with Gasteiger partial charge < -0.3 is 23.8 Å². The predicted octanol–water partition coefficient (Wildman–Crippen LogP) is -1.53. The first-order chi connectivity index (χ1) is 8.70. The Bertz CT molecular complexity index is 518. The number of hydrogen-bond acceptors (Lipinski definition) is 5. The normalized spacial score (nSPS) is 14.7. The minimum absolute atomic E-state index is 0. The molecule has 2 atom stereocenters. The van der Waals surface area contributed by atoms with Crippen molar-refractivity contribution in [3.8, 4) is 5.75 Å². The van der Waals surface area contributed by atoms with E-state index in [0.717, 1.165) is 12.5 Å². The van der Waals surface area contributed by atoms with Gasteiger partial charge in [0.2, 0.25) is 0 Å². The molecule has 0 heterocycles. The van der Waals surface area contributed by atoms with Crippen LogP contribution in [0.5, 0.6) is 5.75 Å². The van der Waals surface area contributed by atoms with Crippen molar-refractivity contribution in [3.05, 3.63) is 28.8 Å². The van der Waals surface area contributed by atoms with E-state index in [0.29, 0.717) is 10.8 Å². The van der Waals surface area contributed by atoms with E-state index in [2.05, 4.69) is 4.74 Å². The zero-order chi connectivity index (χ0) is 14.6. The summed E-state index contributed by atoms with van der Waals surface area (Å²) >= 11 is 5.76. The maximum absolute atomic E-state index is 11.3. The molecule has 20 heavy (non-hydrogen) atoms. The summed E-state index contributed by atoms with van der Waals surface area (Å²) in [5.74, 6) is -2.06. The maximum Gasteiger partial charge on any atom is 1.00 e. The van der Waals surface area contributed by atoms with E-state index >= 15 is 0 Å². The topological polar surface area (TPSA) is 95.9 Å². The van der Waals surface area contributed by atoms with Gasteiger partial charge in [-0.05, 0) is 37.6 Å². The predicted molar refractivity (Wildman–Crippen MR) is 67.1 cm³/mol. The van der Waals surface area contributed by atoms with Crippen LogP contribution in [0.25, 0.3) is 0 Å². The number of benzene rings is 1. The largest absolute Gasteiger partial charge is 1.00 e. The molecule has 0 radical (unpaired) electrons. The molecule has 0 spiro atoms. The number of carbonyl (C=O) groups is 1. The molecule has 9 heteroatoms. The van der Waals surface area contributed by atoms with Crippen molar-refractivity contribution in [2.24, 2.45) is 0 Å². The van der Waals surface area contributed by atoms with Gasteiger partial charge in [0, 0.05) is 5.02 Å². The standard InChI is InChI=1S/C11H14ClO6P.Li/c1-7-5-9(12)3-4-10(7)17-6-11(13)18-8(2)19(14,15)16;/h3-5,8H,6H2,1-2H3,(H2,14,15,16);/q;+1/p-1. The molecule has 0 aromatic heterocycles. The summed E-state index contributed by atoms with van der Waals surface area (Å²) in [5.41, 5.74) is 0.727. The molecule has 0 amide bonds. The van der Waals surface area contributed by atoms with Gasteiger partial charge in [-0.15, -0.1) is 0 Å². The van der Waals surface area contributed by atoms with Gasteiger partial charge in [0.05, 0.1) is 0 Å². The van der Waals surface area contributed by atoms with E-state index in [9.17, 15) is 14.3 Å². The summed E-state index contributed by atoms with van der Waals surface area (Å²) in [6.45, 7) is 2.33. The fourth-order valence-electron chi connectivity index (χ4n) is 1.20. The maximum atomic E-state index is 11.3. The molecule has 0 fully saturated rings. The third-order valence-corrected chi connectivity index (χ3v) is 3.50. The van der Waals surface area contributed by atoms with Crippen LogP contribution in [0.4, 0.5) is 0 Å². The van der Waals surface area contributed by atoms with E-state index in [1.54, 1.807) is 25.1 Å². The fraction of sp³-hybridized carbons (Fsp3) is 0.364. The van der Waals surface area contributed by atoms with Gasteiger partial charge in [0.15, 0.2) is 20.0 Å². The second-order valence-electron chi connectivity index (χ2n) is 3.85. The Morgan fingerprint density at radius 1 is 1.55 bits per heavy atom. The van der Waals surface area contributed by atoms with Gasteiger partial charge >= 0.3 is 24.8 Å². The average Bonchev–Trinajstić information content (AvgIpc) is 2.26. The summed E-state index contributed by atoms with van der Waals surface area (Å²) in [6.07, 6.45) is 0. The first-order valence-electron chi connectivity index (χ1n) is 5.32. The molecule has 6 nitrogen and oxygen atoms in total. The van der Waals surface area contributed by atoms with Gasteiger partial charge in [-0.1, -0.05) is 11.6 Å². The smallest absolute Gasteiger partial charge is 0.776 e. The zero-order valence-corrected chi connectivity index (χ0v) is 13.0. The Morgan fingerprint density at radius 2 is 2.15 bits per heavy atom. The Morgan fingerprint density at radius 3 is 2.65 bits per heavy atom. The van der Waals surface area contributed by atoms with Crippen LogP contribution in [0.2, 0.25) is 5.02 Å². The van der Waals surface area contributed by atoms with Crippen molar-refractivity contribution in [2.75, 3.05) is 6.61 Å². The van der Waals surface area contributed by atoms with E-state index in [1.807, 2.05) is 0 Å². The Balaban J connectivity index is 0.00000361. The molecule has 1 aromatic rings. The summed E-state index contributed by atoms with van der Waals surface area (Å²) < 4.78 is 20.3. The molecule has 106 valence electrons. The van der Waals surface area contributed by atoms with Crippen LogP contribution in [0, 0.1) is 6.92 Å². The molecule has 1 N–H and O–H groups in total. The van der Waals surface area contributed by atoms with Crippen LogP contribution in [-0.2, 0) is 14.1 Å². The molecule has 0 aliphatic rings. The Hall–Kier alpha value is -0.473. The summed E-state index contributed by atoms with van der Waals surface area (Å²) in [6, 6.07) is 4.83. The van der Waals surface area contributed by atoms with Crippen LogP contribution in [0.3, 0.4) is 0 Å². The van der Waals surface area contributed by atoms with Crippen molar-refractivity contribution >= 4 is 25.2 Å². The molecule has 1 aromatic carbocycles. The van der Waals surface area contributed by atoms with Crippen molar-refractivity contribution in [3.63, 3.8) is 0 Å². The van der Waals surface area contributed by atoms with Crippen LogP contribution >= 0.6 is 19.2 Å². The van der Waals surface area contributed by atoms with E-state index in [1.165, 1.54) is 0 Å². The van der Waals surface area contributed by atoms with Gasteiger partial charge in [0.1, 0.15) is 5.75 Å². The van der Waals surface area contributed by atoms with Crippen molar-refractivity contribution in [1.29, 1.82) is 0 Å². The van der Waals surface area contributed by atoms with E-state index < -0.39 is 26.0 Å². The van der Waals surface area contributed by atoms with Gasteiger partial charge in [-0.3, -0.25) is 0 Å². The van der Waals surface area contributed by atoms with Crippen molar-refractivity contribution in [1.82, 2.24) is 0 Å². The first kappa shape index (κ1) is 19.5. The summed E-state index contributed by atoms with van der Waals surface area (Å²) in [7, 11) is -4.69. The minimum Gasteiger partial charge on any atom is -0.776 e. The van der Waals surface area contributed by atoms with Crippen molar-refractivity contribution in [2.45, 2.75) is 19.7 Å². The van der Waals surface area contributed by atoms with E-state index in [-0.39, 0.29) is 18.9 Å². The summed E-state index contributed by atoms with van der Waals surface area (Å²) in [5, 5.41) is 0.536. The third-order valence-electron chi connectivity index (χ3n) is 2.24. The van der Waals surface area contributed by atoms with Crippen molar-refractivity contribution < 1.29 is 47.5 Å². The number of esters is 1. The Kier molecular flexibility index (Phi) is 7.90. The zero-order valence-electron chi connectivity index (χ0n) is 11.3. The molecular weight excluding hydrogens is 301 g/mol. The third kappa shape index (κ3) is 6.32. The van der Waals surface area contributed by atoms with Gasteiger partial charge in [0.25, 0.3) is 0 Å². The molecule has 0 aliphatic carbocycles.